The quantitative estimate of drug-likeness (QED) is 0.480. The maximum absolute atomic E-state index is 5.57. The Labute approximate surface area is 148 Å². The van der Waals surface area contributed by atoms with Gasteiger partial charge >= 0.3 is 0 Å². The summed E-state index contributed by atoms with van der Waals surface area (Å²) in [5, 5.41) is 3.57. The monoisotopic (exact) mass is 333 g/mol. The smallest absolute Gasteiger partial charge is 0.124 e. The first-order valence-electron chi connectivity index (χ1n) is 8.63. The van der Waals surface area contributed by atoms with E-state index in [1.165, 1.54) is 5.56 Å². The maximum Gasteiger partial charge on any atom is 0.124 e. The van der Waals surface area contributed by atoms with E-state index in [2.05, 4.69) is 41.3 Å². The van der Waals surface area contributed by atoms with E-state index in [1.807, 2.05) is 30.3 Å². The minimum absolute atomic E-state index is 0.193. The molecule has 0 saturated heterocycles. The van der Waals surface area contributed by atoms with Gasteiger partial charge in [-0.3, -0.25) is 0 Å². The van der Waals surface area contributed by atoms with Gasteiger partial charge in [0, 0.05) is 13.0 Å². The Morgan fingerprint density at radius 2 is 2.00 bits per heavy atom. The van der Waals surface area contributed by atoms with Gasteiger partial charge in [0.05, 0.1) is 23.7 Å². The number of nitrogens with zero attached hydrogens (tertiary/aromatic N) is 1. The number of aromatic nitrogens is 2. The van der Waals surface area contributed by atoms with Crippen molar-refractivity contribution in [1.82, 2.24) is 15.3 Å². The van der Waals surface area contributed by atoms with E-state index in [4.69, 9.17) is 16.1 Å². The van der Waals surface area contributed by atoms with Gasteiger partial charge in [-0.1, -0.05) is 31.2 Å². The van der Waals surface area contributed by atoms with E-state index in [0.717, 1.165) is 35.6 Å². The summed E-state index contributed by atoms with van der Waals surface area (Å²) < 4.78 is 5.57. The number of H-pyrrole nitrogens is 1. The third kappa shape index (κ3) is 4.40. The van der Waals surface area contributed by atoms with Crippen LogP contribution in [-0.2, 0) is 6.54 Å². The molecule has 0 unspecified atom stereocenters. The molecule has 4 heteroatoms. The molecule has 25 heavy (non-hydrogen) atoms. The number of fused-ring (bicyclic) bond motifs is 1. The van der Waals surface area contributed by atoms with Gasteiger partial charge in [0.2, 0.25) is 0 Å². The molecule has 2 aromatic carbocycles. The molecule has 0 bridgehead atoms. The van der Waals surface area contributed by atoms with Crippen molar-refractivity contribution in [2.45, 2.75) is 32.4 Å². The molecule has 3 aromatic rings. The van der Waals surface area contributed by atoms with Crippen molar-refractivity contribution in [2.24, 2.45) is 0 Å². The minimum Gasteiger partial charge on any atom is -0.493 e. The normalized spacial score (nSPS) is 12.0. The summed E-state index contributed by atoms with van der Waals surface area (Å²) in [6, 6.07) is 16.4. The minimum atomic E-state index is 0.193. The van der Waals surface area contributed by atoms with Crippen LogP contribution in [-0.4, -0.2) is 16.6 Å². The highest BCUT2D eigenvalue weighted by Crippen LogP contribution is 2.19. The van der Waals surface area contributed by atoms with Gasteiger partial charge in [-0.15, -0.1) is 12.3 Å². The molecule has 0 amide bonds. The number of nitrogens with one attached hydrogen (secondary N) is 2. The molecule has 0 spiro atoms. The topological polar surface area (TPSA) is 49.9 Å². The van der Waals surface area contributed by atoms with Crippen molar-refractivity contribution in [3.8, 4) is 18.1 Å². The fraction of sp³-hybridized carbons (Fsp3) is 0.286. The highest BCUT2D eigenvalue weighted by Gasteiger charge is 2.13. The molecule has 2 N–H and O–H groups in total. The van der Waals surface area contributed by atoms with Gasteiger partial charge in [-0.25, -0.2) is 4.98 Å². The second-order valence-electron chi connectivity index (χ2n) is 5.93. The van der Waals surface area contributed by atoms with Crippen molar-refractivity contribution in [2.75, 3.05) is 6.61 Å². The molecular formula is C21H23N3O. The van der Waals surface area contributed by atoms with Crippen molar-refractivity contribution < 1.29 is 4.74 Å². The number of hydrogen-bond acceptors (Lipinski definition) is 3. The van der Waals surface area contributed by atoms with E-state index >= 15 is 0 Å². The lowest BCUT2D eigenvalue weighted by Gasteiger charge is -2.15. The van der Waals surface area contributed by atoms with E-state index in [1.54, 1.807) is 0 Å². The molecule has 1 heterocycles. The Morgan fingerprint density at radius 3 is 2.72 bits per heavy atom. The largest absolute Gasteiger partial charge is 0.493 e. The maximum atomic E-state index is 5.57. The van der Waals surface area contributed by atoms with Gasteiger partial charge in [-0.2, -0.15) is 0 Å². The predicted molar refractivity (Wildman–Crippen MR) is 101 cm³/mol. The summed E-state index contributed by atoms with van der Waals surface area (Å²) in [6.07, 6.45) is 6.81. The summed E-state index contributed by atoms with van der Waals surface area (Å²) in [7, 11) is 0. The van der Waals surface area contributed by atoms with Crippen molar-refractivity contribution in [1.29, 1.82) is 0 Å². The Bertz CT molecular complexity index is 812. The van der Waals surface area contributed by atoms with E-state index in [9.17, 15) is 0 Å². The number of ether oxygens (including phenoxy) is 1. The standard InChI is InChI=1S/C21H23N3O/c1-3-5-14-25-17-12-10-16(11-13-17)15-22-18(4-2)21-23-19-8-6-7-9-20(19)24-21/h1,6-13,18,22H,4-5,14-15H2,2H3,(H,23,24)/t18-/m0/s1. The van der Waals surface area contributed by atoms with Crippen LogP contribution in [0.2, 0.25) is 0 Å². The summed E-state index contributed by atoms with van der Waals surface area (Å²) in [5.41, 5.74) is 3.29. The van der Waals surface area contributed by atoms with E-state index in [0.29, 0.717) is 13.0 Å². The molecule has 0 aliphatic heterocycles. The van der Waals surface area contributed by atoms with Crippen LogP contribution in [0.4, 0.5) is 0 Å². The van der Waals surface area contributed by atoms with Crippen molar-refractivity contribution in [3.63, 3.8) is 0 Å². The average Bonchev–Trinajstić information content (AvgIpc) is 3.07. The highest BCUT2D eigenvalue weighted by atomic mass is 16.5. The van der Waals surface area contributed by atoms with Crippen molar-refractivity contribution in [3.05, 3.63) is 59.9 Å². The Hall–Kier alpha value is -2.77. The summed E-state index contributed by atoms with van der Waals surface area (Å²) in [5.74, 6) is 4.40. The molecule has 3 rings (SSSR count). The molecule has 0 fully saturated rings. The molecule has 1 atom stereocenters. The Balaban J connectivity index is 1.60. The molecule has 4 nitrogen and oxygen atoms in total. The predicted octanol–water partition coefficient (Wildman–Crippen LogP) is 4.21. The third-order valence-corrected chi connectivity index (χ3v) is 4.14. The molecule has 0 saturated carbocycles. The fourth-order valence-electron chi connectivity index (χ4n) is 2.74. The summed E-state index contributed by atoms with van der Waals surface area (Å²) >= 11 is 0. The SMILES string of the molecule is C#CCCOc1ccc(CN[C@@H](CC)c2nc3ccccc3[nH]2)cc1. The lowest BCUT2D eigenvalue weighted by atomic mass is 10.1. The van der Waals surface area contributed by atoms with Crippen molar-refractivity contribution >= 4 is 11.0 Å². The number of terminal acetylenes is 1. The zero-order valence-electron chi connectivity index (χ0n) is 14.5. The molecule has 128 valence electrons. The molecular weight excluding hydrogens is 310 g/mol. The lowest BCUT2D eigenvalue weighted by molar-refractivity contribution is 0.327. The van der Waals surface area contributed by atoms with Gasteiger partial charge in [0.25, 0.3) is 0 Å². The second-order valence-corrected chi connectivity index (χ2v) is 5.93. The lowest BCUT2D eigenvalue weighted by Crippen LogP contribution is -2.21. The van der Waals surface area contributed by atoms with Crippen LogP contribution in [0.5, 0.6) is 5.75 Å². The first-order chi connectivity index (χ1) is 12.3. The average molecular weight is 333 g/mol. The van der Waals surface area contributed by atoms with Gasteiger partial charge < -0.3 is 15.0 Å². The number of aromatic amines is 1. The van der Waals surface area contributed by atoms with Gasteiger partial charge in [0.15, 0.2) is 0 Å². The Morgan fingerprint density at radius 1 is 1.20 bits per heavy atom. The summed E-state index contributed by atoms with van der Waals surface area (Å²) in [4.78, 5) is 8.11. The first-order valence-corrected chi connectivity index (χ1v) is 8.63. The van der Waals surface area contributed by atoms with Crippen LogP contribution in [0.25, 0.3) is 11.0 Å². The number of hydrogen-bond donors (Lipinski definition) is 2. The molecule has 1 aromatic heterocycles. The number of rotatable bonds is 8. The van der Waals surface area contributed by atoms with Crippen LogP contribution >= 0.6 is 0 Å². The van der Waals surface area contributed by atoms with Gasteiger partial charge in [0.1, 0.15) is 11.6 Å². The van der Waals surface area contributed by atoms with Crippen LogP contribution in [0, 0.1) is 12.3 Å². The molecule has 0 aliphatic carbocycles. The number of benzene rings is 2. The zero-order chi connectivity index (χ0) is 17.5. The zero-order valence-corrected chi connectivity index (χ0v) is 14.5. The molecule has 0 aliphatic rings. The highest BCUT2D eigenvalue weighted by molar-refractivity contribution is 5.74. The number of para-hydroxylation sites is 2. The van der Waals surface area contributed by atoms with Crippen LogP contribution in [0.15, 0.2) is 48.5 Å². The number of imidazole rings is 1. The van der Waals surface area contributed by atoms with Crippen LogP contribution in [0.1, 0.15) is 37.2 Å². The second kappa shape index (κ2) is 8.36. The summed E-state index contributed by atoms with van der Waals surface area (Å²) in [6.45, 7) is 3.49. The van der Waals surface area contributed by atoms with E-state index in [-0.39, 0.29) is 6.04 Å². The first kappa shape index (κ1) is 17.1. The molecule has 0 radical (unpaired) electrons. The fourth-order valence-corrected chi connectivity index (χ4v) is 2.74. The van der Waals surface area contributed by atoms with Gasteiger partial charge in [-0.05, 0) is 36.2 Å². The van der Waals surface area contributed by atoms with Crippen LogP contribution in [0.3, 0.4) is 0 Å². The van der Waals surface area contributed by atoms with E-state index < -0.39 is 0 Å². The third-order valence-electron chi connectivity index (χ3n) is 4.14. The Kier molecular flexibility index (Phi) is 5.71. The van der Waals surface area contributed by atoms with Crippen LogP contribution < -0.4 is 10.1 Å².